The van der Waals surface area contributed by atoms with Crippen LogP contribution in [-0.2, 0) is 18.4 Å². The zero-order valence-corrected chi connectivity index (χ0v) is 17.7. The molecule has 2 N–H and O–H groups in total. The van der Waals surface area contributed by atoms with Gasteiger partial charge in [0.05, 0.1) is 6.54 Å². The Kier molecular flexibility index (Phi) is 7.18. The maximum Gasteiger partial charge on any atom is 0.191 e. The van der Waals surface area contributed by atoms with Crippen molar-refractivity contribution >= 4 is 41.3 Å². The molecule has 0 radical (unpaired) electrons. The number of aryl methyl sites for hydroxylation is 1. The highest BCUT2D eigenvalue weighted by atomic mass is 127. The molecule has 7 heteroatoms. The fourth-order valence-electron chi connectivity index (χ4n) is 2.75. The molecule has 1 heterocycles. The number of thiazole rings is 1. The number of rotatable bonds is 6. The summed E-state index contributed by atoms with van der Waals surface area (Å²) in [6.45, 7) is 3.61. The molecule has 0 aliphatic heterocycles. The molecule has 2 aromatic rings. The molecule has 0 amide bonds. The zero-order valence-electron chi connectivity index (χ0n) is 14.5. The van der Waals surface area contributed by atoms with Crippen molar-refractivity contribution in [1.82, 2.24) is 15.6 Å². The molecule has 0 saturated heterocycles. The molecule has 25 heavy (non-hydrogen) atoms. The standard InChI is InChI=1S/C18H23FN4S.HI/c1-3-15-10-21-16(24-15)11-22-17(20-2)23-12-18(8-9-18)13-4-6-14(19)7-5-13;/h4-7,10H,3,8-9,11-12H2,1-2H3,(H2,20,22,23);1H. The molecule has 1 fully saturated rings. The van der Waals surface area contributed by atoms with Gasteiger partial charge in [-0.15, -0.1) is 35.3 Å². The van der Waals surface area contributed by atoms with Gasteiger partial charge in [0.15, 0.2) is 5.96 Å². The third-order valence-corrected chi connectivity index (χ3v) is 5.63. The van der Waals surface area contributed by atoms with Gasteiger partial charge in [-0.05, 0) is 37.0 Å². The van der Waals surface area contributed by atoms with E-state index in [1.165, 1.54) is 22.6 Å². The molecule has 1 aliphatic rings. The zero-order chi connectivity index (χ0) is 17.0. The Balaban J connectivity index is 0.00000225. The Bertz CT molecular complexity index is 710. The monoisotopic (exact) mass is 474 g/mol. The molecule has 4 nitrogen and oxygen atoms in total. The van der Waals surface area contributed by atoms with Gasteiger partial charge in [-0.3, -0.25) is 4.99 Å². The lowest BCUT2D eigenvalue weighted by atomic mass is 9.96. The van der Waals surface area contributed by atoms with Crippen LogP contribution in [0, 0.1) is 5.82 Å². The predicted octanol–water partition coefficient (Wildman–Crippen LogP) is 3.86. The Labute approximate surface area is 169 Å². The van der Waals surface area contributed by atoms with Crippen LogP contribution in [0.25, 0.3) is 0 Å². The molecule has 0 atom stereocenters. The summed E-state index contributed by atoms with van der Waals surface area (Å²) in [5.41, 5.74) is 1.31. The average Bonchev–Trinajstić information content (AvgIpc) is 3.25. The first-order chi connectivity index (χ1) is 11.6. The van der Waals surface area contributed by atoms with Crippen LogP contribution in [0.1, 0.15) is 35.2 Å². The van der Waals surface area contributed by atoms with E-state index >= 15 is 0 Å². The number of aliphatic imine (C=N–C) groups is 1. The van der Waals surface area contributed by atoms with Gasteiger partial charge in [0.1, 0.15) is 10.8 Å². The van der Waals surface area contributed by atoms with Crippen LogP contribution in [0.3, 0.4) is 0 Å². The number of halogens is 2. The van der Waals surface area contributed by atoms with Crippen molar-refractivity contribution < 1.29 is 4.39 Å². The second kappa shape index (κ2) is 8.93. The summed E-state index contributed by atoms with van der Waals surface area (Å²) in [6.07, 6.45) is 5.19. The maximum absolute atomic E-state index is 13.1. The molecule has 1 saturated carbocycles. The smallest absolute Gasteiger partial charge is 0.191 e. The molecule has 0 unspecified atom stereocenters. The summed E-state index contributed by atoms with van der Waals surface area (Å²) in [5.74, 6) is 0.589. The quantitative estimate of drug-likeness (QED) is 0.380. The van der Waals surface area contributed by atoms with Gasteiger partial charge in [0, 0.05) is 30.1 Å². The highest BCUT2D eigenvalue weighted by Crippen LogP contribution is 2.47. The van der Waals surface area contributed by atoms with Crippen molar-refractivity contribution in [3.05, 3.63) is 51.7 Å². The Morgan fingerprint density at radius 1 is 1.28 bits per heavy atom. The SMILES string of the molecule is CCc1cnc(CNC(=NC)NCC2(c3ccc(F)cc3)CC2)s1.I. The van der Waals surface area contributed by atoms with Crippen molar-refractivity contribution in [3.8, 4) is 0 Å². The Morgan fingerprint density at radius 3 is 2.56 bits per heavy atom. The van der Waals surface area contributed by atoms with Crippen LogP contribution in [0.5, 0.6) is 0 Å². The molecular formula is C18H24FIN4S. The van der Waals surface area contributed by atoms with Crippen molar-refractivity contribution in [1.29, 1.82) is 0 Å². The van der Waals surface area contributed by atoms with Gasteiger partial charge in [-0.2, -0.15) is 0 Å². The summed E-state index contributed by atoms with van der Waals surface area (Å²) in [5, 5.41) is 7.77. The van der Waals surface area contributed by atoms with E-state index in [0.29, 0.717) is 6.54 Å². The van der Waals surface area contributed by atoms with E-state index in [4.69, 9.17) is 0 Å². The van der Waals surface area contributed by atoms with Crippen LogP contribution in [-0.4, -0.2) is 24.5 Å². The number of aromatic nitrogens is 1. The van der Waals surface area contributed by atoms with E-state index < -0.39 is 0 Å². The number of benzene rings is 1. The fraction of sp³-hybridized carbons (Fsp3) is 0.444. The summed E-state index contributed by atoms with van der Waals surface area (Å²) in [4.78, 5) is 9.98. The lowest BCUT2D eigenvalue weighted by Crippen LogP contribution is -2.40. The summed E-state index contributed by atoms with van der Waals surface area (Å²) < 4.78 is 13.1. The van der Waals surface area contributed by atoms with E-state index in [-0.39, 0.29) is 35.2 Å². The minimum atomic E-state index is -0.185. The number of hydrogen-bond donors (Lipinski definition) is 2. The topological polar surface area (TPSA) is 49.3 Å². The first-order valence-electron chi connectivity index (χ1n) is 8.29. The van der Waals surface area contributed by atoms with Crippen molar-refractivity contribution in [2.24, 2.45) is 4.99 Å². The van der Waals surface area contributed by atoms with E-state index in [1.54, 1.807) is 18.4 Å². The van der Waals surface area contributed by atoms with Crippen LogP contribution >= 0.6 is 35.3 Å². The first kappa shape index (κ1) is 20.1. The molecule has 1 aliphatic carbocycles. The van der Waals surface area contributed by atoms with Gasteiger partial charge in [0.2, 0.25) is 0 Å². The minimum Gasteiger partial charge on any atom is -0.356 e. The molecule has 3 rings (SSSR count). The van der Waals surface area contributed by atoms with E-state index in [1.807, 2.05) is 18.3 Å². The third kappa shape index (κ3) is 5.13. The average molecular weight is 474 g/mol. The maximum atomic E-state index is 13.1. The number of hydrogen-bond acceptors (Lipinski definition) is 3. The summed E-state index contributed by atoms with van der Waals surface area (Å²) >= 11 is 1.73. The Morgan fingerprint density at radius 2 is 2.00 bits per heavy atom. The molecule has 1 aromatic heterocycles. The highest BCUT2D eigenvalue weighted by molar-refractivity contribution is 14.0. The number of nitrogens with one attached hydrogen (secondary N) is 2. The van der Waals surface area contributed by atoms with Gasteiger partial charge >= 0.3 is 0 Å². The van der Waals surface area contributed by atoms with Crippen molar-refractivity contribution in [2.45, 2.75) is 38.1 Å². The number of guanidine groups is 1. The largest absolute Gasteiger partial charge is 0.356 e. The first-order valence-corrected chi connectivity index (χ1v) is 9.11. The number of nitrogens with zero attached hydrogens (tertiary/aromatic N) is 2. The van der Waals surface area contributed by atoms with Crippen LogP contribution in [0.2, 0.25) is 0 Å². The van der Waals surface area contributed by atoms with Gasteiger partial charge in [-0.25, -0.2) is 9.37 Å². The molecule has 0 spiro atoms. The fourth-order valence-corrected chi connectivity index (χ4v) is 3.55. The second-order valence-electron chi connectivity index (χ2n) is 6.14. The van der Waals surface area contributed by atoms with E-state index in [9.17, 15) is 4.39 Å². The van der Waals surface area contributed by atoms with E-state index in [0.717, 1.165) is 36.8 Å². The third-order valence-electron chi connectivity index (χ3n) is 4.48. The predicted molar refractivity (Wildman–Crippen MR) is 112 cm³/mol. The van der Waals surface area contributed by atoms with Gasteiger partial charge in [-0.1, -0.05) is 19.1 Å². The van der Waals surface area contributed by atoms with Gasteiger partial charge < -0.3 is 10.6 Å². The Hall–Kier alpha value is -1.22. The minimum absolute atomic E-state index is 0. The molecular weight excluding hydrogens is 450 g/mol. The van der Waals surface area contributed by atoms with Crippen LogP contribution < -0.4 is 10.6 Å². The normalized spacial score (nSPS) is 15.4. The van der Waals surface area contributed by atoms with Crippen LogP contribution in [0.15, 0.2) is 35.5 Å². The summed E-state index contributed by atoms with van der Waals surface area (Å²) in [7, 11) is 1.77. The van der Waals surface area contributed by atoms with Crippen molar-refractivity contribution in [3.63, 3.8) is 0 Å². The molecule has 136 valence electrons. The molecule has 0 bridgehead atoms. The lowest BCUT2D eigenvalue weighted by Gasteiger charge is -2.19. The van der Waals surface area contributed by atoms with Gasteiger partial charge in [0.25, 0.3) is 0 Å². The second-order valence-corrected chi connectivity index (χ2v) is 7.34. The van der Waals surface area contributed by atoms with E-state index in [2.05, 4.69) is 27.5 Å². The summed E-state index contributed by atoms with van der Waals surface area (Å²) in [6, 6.07) is 6.86. The van der Waals surface area contributed by atoms with Crippen LogP contribution in [0.4, 0.5) is 4.39 Å². The lowest BCUT2D eigenvalue weighted by molar-refractivity contribution is 0.617. The highest BCUT2D eigenvalue weighted by Gasteiger charge is 2.44. The van der Waals surface area contributed by atoms with Crippen molar-refractivity contribution in [2.75, 3.05) is 13.6 Å². The molecule has 1 aromatic carbocycles.